The topological polar surface area (TPSA) is 19.4 Å². The van der Waals surface area contributed by atoms with Crippen LogP contribution in [-0.2, 0) is 37.9 Å². The fourth-order valence-corrected chi connectivity index (χ4v) is 19.0. The van der Waals surface area contributed by atoms with Gasteiger partial charge in [-0.1, -0.05) is 133 Å². The summed E-state index contributed by atoms with van der Waals surface area (Å²) < 4.78 is 0. The van der Waals surface area contributed by atoms with Gasteiger partial charge in [-0.15, -0.1) is 0 Å². The average molecular weight is 912 g/mol. The number of aromatic nitrogens is 1. The second-order valence-corrected chi connectivity index (χ2v) is 29.7. The van der Waals surface area contributed by atoms with E-state index >= 15 is 0 Å². The SMILES string of the molecule is CC(C)(C)c1ccc(N2c3ccc(C(C)(C)C)cc3B3c4cc5c(cc4N(c4ccc6c(c4)C(C)(C)CC6(C)C)c4nc([C@]67CC8C9CC%10C[C@@H]8C(C6)[C@@H](C%10)C9C7)cc2c43)C(C)(C)CC5(C)C)cc1. The van der Waals surface area contributed by atoms with E-state index < -0.39 is 0 Å². The summed E-state index contributed by atoms with van der Waals surface area (Å²) in [4.78, 5) is 11.9. The molecule has 3 nitrogen and oxygen atoms in total. The van der Waals surface area contributed by atoms with Gasteiger partial charge in [0.15, 0.2) is 0 Å². The summed E-state index contributed by atoms with van der Waals surface area (Å²) in [5, 5.41) is 0. The summed E-state index contributed by atoms with van der Waals surface area (Å²) >= 11 is 0. The van der Waals surface area contributed by atoms with Crippen LogP contribution < -0.4 is 26.2 Å². The molecule has 0 amide bonds. The molecule has 69 heavy (non-hydrogen) atoms. The van der Waals surface area contributed by atoms with Crippen LogP contribution in [0.25, 0.3) is 0 Å². The first-order valence-electron chi connectivity index (χ1n) is 27.6. The first-order chi connectivity index (χ1) is 32.3. The van der Waals surface area contributed by atoms with Gasteiger partial charge in [0.1, 0.15) is 5.82 Å². The third-order valence-corrected chi connectivity index (χ3v) is 21.4. The largest absolute Gasteiger partial charge is 0.311 e. The Hall–Kier alpha value is -4.31. The highest BCUT2D eigenvalue weighted by Crippen LogP contribution is 2.74. The molecule has 4 aromatic carbocycles. The van der Waals surface area contributed by atoms with Crippen molar-refractivity contribution in [2.24, 2.45) is 41.4 Å². The average Bonchev–Trinajstić information content (AvgIpc) is 3.59. The fourth-order valence-electron chi connectivity index (χ4n) is 19.0. The third-order valence-electron chi connectivity index (χ3n) is 21.4. The molecule has 8 bridgehead atoms. The van der Waals surface area contributed by atoms with Gasteiger partial charge in [0.05, 0.1) is 5.69 Å². The van der Waals surface area contributed by atoms with Gasteiger partial charge in [0.2, 0.25) is 0 Å². The molecule has 0 unspecified atom stereocenters. The Bertz CT molecular complexity index is 3000. The van der Waals surface area contributed by atoms with Crippen LogP contribution in [-0.4, -0.2) is 11.7 Å². The molecule has 4 heteroatoms. The van der Waals surface area contributed by atoms with E-state index in [1.54, 1.807) is 0 Å². The minimum absolute atomic E-state index is 0.00479. The molecule has 0 saturated heterocycles. The monoisotopic (exact) mass is 912 g/mol. The number of anilines is 6. The van der Waals surface area contributed by atoms with Crippen molar-refractivity contribution in [3.63, 3.8) is 0 Å². The van der Waals surface area contributed by atoms with Crippen molar-refractivity contribution in [2.75, 3.05) is 9.80 Å². The molecule has 0 atom stereocenters. The van der Waals surface area contributed by atoms with E-state index in [2.05, 4.69) is 186 Å². The Morgan fingerprint density at radius 2 is 0.986 bits per heavy atom. The molecule has 9 aliphatic carbocycles. The predicted molar refractivity (Wildman–Crippen MR) is 291 cm³/mol. The molecule has 7 saturated carbocycles. The molecule has 11 aliphatic rings. The fraction of sp³-hybridized carbons (Fsp3) is 0.554. The minimum Gasteiger partial charge on any atom is -0.311 e. The van der Waals surface area contributed by atoms with Crippen LogP contribution in [0.3, 0.4) is 0 Å². The molecule has 0 spiro atoms. The molecule has 0 radical (unpaired) electrons. The quantitative estimate of drug-likeness (QED) is 0.165. The number of hydrogen-bond donors (Lipinski definition) is 0. The highest BCUT2D eigenvalue weighted by atomic mass is 15.2. The summed E-state index contributed by atoms with van der Waals surface area (Å²) in [6, 6.07) is 33.0. The van der Waals surface area contributed by atoms with Gasteiger partial charge < -0.3 is 4.90 Å². The smallest absolute Gasteiger partial charge is 0.254 e. The lowest BCUT2D eigenvalue weighted by Gasteiger charge is -2.72. The lowest BCUT2D eigenvalue weighted by molar-refractivity contribution is -0.213. The van der Waals surface area contributed by atoms with Crippen molar-refractivity contribution in [3.8, 4) is 0 Å². The maximum atomic E-state index is 6.42. The van der Waals surface area contributed by atoms with E-state index in [1.165, 1.54) is 128 Å². The van der Waals surface area contributed by atoms with Crippen LogP contribution in [0.2, 0.25) is 0 Å². The molecule has 0 N–H and O–H groups in total. The second kappa shape index (κ2) is 13.2. The van der Waals surface area contributed by atoms with Gasteiger partial charge >= 0.3 is 0 Å². The molecule has 1 aromatic heterocycles. The lowest BCUT2D eigenvalue weighted by Crippen LogP contribution is -2.66. The number of pyridine rings is 1. The van der Waals surface area contributed by atoms with E-state index in [-0.39, 0.29) is 44.6 Å². The molecule has 16 rings (SSSR count). The zero-order chi connectivity index (χ0) is 48.1. The summed E-state index contributed by atoms with van der Waals surface area (Å²) in [5.41, 5.74) is 21.6. The molecular formula is C65H78BN3. The van der Waals surface area contributed by atoms with Gasteiger partial charge in [-0.3, -0.25) is 4.90 Å². The van der Waals surface area contributed by atoms with Gasteiger partial charge in [-0.2, -0.15) is 0 Å². The minimum atomic E-state index is -0.00479. The maximum absolute atomic E-state index is 6.42. The summed E-state index contributed by atoms with van der Waals surface area (Å²) in [5.74, 6) is 7.69. The molecule has 3 heterocycles. The number of benzene rings is 4. The zero-order valence-corrected chi connectivity index (χ0v) is 44.6. The van der Waals surface area contributed by atoms with Crippen molar-refractivity contribution < 1.29 is 0 Å². The number of rotatable bonds is 3. The number of nitrogens with zero attached hydrogens (tertiary/aromatic N) is 3. The third kappa shape index (κ3) is 5.79. The van der Waals surface area contributed by atoms with Gasteiger partial charge in [-0.25, -0.2) is 4.98 Å². The van der Waals surface area contributed by atoms with Crippen LogP contribution in [0.15, 0.2) is 78.9 Å². The number of hydrogen-bond acceptors (Lipinski definition) is 3. The highest BCUT2D eigenvalue weighted by Gasteiger charge is 2.68. The van der Waals surface area contributed by atoms with Crippen LogP contribution in [0.1, 0.15) is 187 Å². The standard InChI is InChI=1S/C65H78BN3/c1-59(2,3)37-15-18-39(19-16-37)68-53-22-17-38(60(4,5)6)26-51(53)66-52-28-49-50(64(13,14)35-63(49,11)12)29-54(52)69(40-20-21-47-48(27-40)62(9,10)34-61(47,7)8)58-57(66)55(68)30-56(67-58)65-31-44-41-23-36-24-42(44)46(33-65)43(25-36)45(41)32-65/h15-22,26-30,36,41-46H,23-25,31-35H2,1-14H3/t36?,41-,42-,43?,44?,45?,46?,65-/m1/s1. The predicted octanol–water partition coefficient (Wildman–Crippen LogP) is 14.6. The van der Waals surface area contributed by atoms with Crippen molar-refractivity contribution in [1.29, 1.82) is 0 Å². The van der Waals surface area contributed by atoms with E-state index in [0.717, 1.165) is 54.3 Å². The maximum Gasteiger partial charge on any atom is 0.254 e. The van der Waals surface area contributed by atoms with Crippen molar-refractivity contribution in [1.82, 2.24) is 4.98 Å². The lowest BCUT2D eigenvalue weighted by atomic mass is 9.32. The molecule has 356 valence electrons. The Kier molecular flexibility index (Phi) is 8.32. The molecule has 2 aliphatic heterocycles. The Morgan fingerprint density at radius 1 is 0.478 bits per heavy atom. The van der Waals surface area contributed by atoms with E-state index in [4.69, 9.17) is 4.98 Å². The molecule has 5 aromatic rings. The first kappa shape index (κ1) is 43.5. The van der Waals surface area contributed by atoms with Crippen molar-refractivity contribution >= 4 is 57.4 Å². The summed E-state index contributed by atoms with van der Waals surface area (Å²) in [6.45, 7) is 34.2. The molecule has 7 fully saturated rings. The van der Waals surface area contributed by atoms with Gasteiger partial charge in [0.25, 0.3) is 6.71 Å². The van der Waals surface area contributed by atoms with E-state index in [1.807, 2.05) is 0 Å². The Balaban J connectivity index is 1.09. The Labute approximate surface area is 415 Å². The highest BCUT2D eigenvalue weighted by molar-refractivity contribution is 7.00. The van der Waals surface area contributed by atoms with Gasteiger partial charge in [0, 0.05) is 33.9 Å². The Morgan fingerprint density at radius 3 is 1.57 bits per heavy atom. The van der Waals surface area contributed by atoms with Gasteiger partial charge in [-0.05, 0) is 218 Å². The van der Waals surface area contributed by atoms with Crippen molar-refractivity contribution in [3.05, 3.63) is 118 Å². The zero-order valence-electron chi connectivity index (χ0n) is 44.6. The number of fused-ring (bicyclic) bond motifs is 6. The molecular weight excluding hydrogens is 834 g/mol. The van der Waals surface area contributed by atoms with E-state index in [0.29, 0.717) is 0 Å². The normalized spacial score (nSPS) is 31.4. The van der Waals surface area contributed by atoms with Crippen LogP contribution in [0, 0.1) is 41.4 Å². The van der Waals surface area contributed by atoms with E-state index in [9.17, 15) is 0 Å². The summed E-state index contributed by atoms with van der Waals surface area (Å²) in [7, 11) is 0. The van der Waals surface area contributed by atoms with Crippen LogP contribution in [0.5, 0.6) is 0 Å². The van der Waals surface area contributed by atoms with Crippen molar-refractivity contribution in [2.45, 2.75) is 186 Å². The summed E-state index contributed by atoms with van der Waals surface area (Å²) in [6.07, 6.45) is 10.8. The van der Waals surface area contributed by atoms with Crippen LogP contribution >= 0.6 is 0 Å². The second-order valence-electron chi connectivity index (χ2n) is 29.7. The first-order valence-corrected chi connectivity index (χ1v) is 27.6. The van der Waals surface area contributed by atoms with Crippen LogP contribution in [0.4, 0.5) is 34.3 Å².